The quantitative estimate of drug-likeness (QED) is 0.735. The average Bonchev–Trinajstić information content (AvgIpc) is 2.08. The van der Waals surface area contributed by atoms with E-state index in [2.05, 4.69) is 19.2 Å². The normalized spacial score (nSPS) is 14.6. The van der Waals surface area contributed by atoms with Crippen LogP contribution in [-0.4, -0.2) is 30.3 Å². The second-order valence-electron chi connectivity index (χ2n) is 3.88. The third-order valence-corrected chi connectivity index (χ3v) is 3.31. The maximum atomic E-state index is 11.9. The van der Waals surface area contributed by atoms with Gasteiger partial charge in [-0.1, -0.05) is 13.8 Å². The fourth-order valence-corrected chi connectivity index (χ4v) is 2.12. The first-order valence-corrected chi connectivity index (χ1v) is 6.25. The summed E-state index contributed by atoms with van der Waals surface area (Å²) in [6.07, 6.45) is -3.87. The minimum absolute atomic E-state index is 0.194. The molecule has 15 heavy (non-hydrogen) atoms. The van der Waals surface area contributed by atoms with Crippen LogP contribution >= 0.6 is 11.8 Å². The molecular weight excluding hydrogens is 223 g/mol. The lowest BCUT2D eigenvalue weighted by molar-refractivity contribution is -0.135. The van der Waals surface area contributed by atoms with Gasteiger partial charge in [-0.15, -0.1) is 0 Å². The van der Waals surface area contributed by atoms with Crippen molar-refractivity contribution < 1.29 is 13.2 Å². The van der Waals surface area contributed by atoms with Crippen LogP contribution in [0.25, 0.3) is 0 Å². The van der Waals surface area contributed by atoms with Crippen LogP contribution in [0.4, 0.5) is 13.2 Å². The lowest BCUT2D eigenvalue weighted by Crippen LogP contribution is -2.28. The van der Waals surface area contributed by atoms with Gasteiger partial charge in [0.2, 0.25) is 0 Å². The van der Waals surface area contributed by atoms with Crippen LogP contribution in [0.3, 0.4) is 0 Å². The number of nitrogens with one attached hydrogen (secondary N) is 1. The van der Waals surface area contributed by atoms with Gasteiger partial charge in [0.25, 0.3) is 0 Å². The lowest BCUT2D eigenvalue weighted by Gasteiger charge is -2.17. The largest absolute Gasteiger partial charge is 0.389 e. The Kier molecular flexibility index (Phi) is 7.44. The summed E-state index contributed by atoms with van der Waals surface area (Å²) in [5.41, 5.74) is 0. The molecule has 0 radical (unpaired) electrons. The molecule has 0 aliphatic heterocycles. The van der Waals surface area contributed by atoms with Gasteiger partial charge in [0, 0.05) is 18.2 Å². The predicted octanol–water partition coefficient (Wildman–Crippen LogP) is 3.45. The lowest BCUT2D eigenvalue weighted by atomic mass is 10.1. The molecule has 0 aromatic heterocycles. The molecule has 0 aliphatic carbocycles. The first kappa shape index (κ1) is 15.1. The van der Waals surface area contributed by atoms with Gasteiger partial charge in [-0.3, -0.25) is 0 Å². The number of alkyl halides is 3. The Morgan fingerprint density at radius 1 is 1.27 bits per heavy atom. The third-order valence-electron chi connectivity index (χ3n) is 2.05. The van der Waals surface area contributed by atoms with E-state index in [1.807, 2.05) is 0 Å². The molecule has 0 spiro atoms. The minimum atomic E-state index is -4.01. The fourth-order valence-electron chi connectivity index (χ4n) is 1.17. The van der Waals surface area contributed by atoms with Crippen LogP contribution in [-0.2, 0) is 0 Å². The molecule has 1 unspecified atom stereocenters. The van der Waals surface area contributed by atoms with E-state index >= 15 is 0 Å². The molecule has 0 aromatic rings. The van der Waals surface area contributed by atoms with Gasteiger partial charge in [0.05, 0.1) is 0 Å². The van der Waals surface area contributed by atoms with Gasteiger partial charge < -0.3 is 5.32 Å². The molecule has 0 aromatic carbocycles. The van der Waals surface area contributed by atoms with Crippen LogP contribution in [0.1, 0.15) is 33.1 Å². The van der Waals surface area contributed by atoms with Crippen molar-refractivity contribution >= 4 is 11.8 Å². The Morgan fingerprint density at radius 3 is 2.27 bits per heavy atom. The van der Waals surface area contributed by atoms with E-state index in [-0.39, 0.29) is 12.5 Å². The number of hydrogen-bond donors (Lipinski definition) is 1. The summed E-state index contributed by atoms with van der Waals surface area (Å²) in [5, 5.41) is 3.59. The van der Waals surface area contributed by atoms with E-state index in [4.69, 9.17) is 0 Å². The molecule has 0 fully saturated rings. The summed E-state index contributed by atoms with van der Waals surface area (Å²) >= 11 is 1.78. The van der Waals surface area contributed by atoms with Crippen molar-refractivity contribution in [3.8, 4) is 0 Å². The Hall–Kier alpha value is 0.100. The van der Waals surface area contributed by atoms with E-state index in [1.54, 1.807) is 18.8 Å². The summed E-state index contributed by atoms with van der Waals surface area (Å²) in [6.45, 7) is 4.18. The van der Waals surface area contributed by atoms with E-state index < -0.39 is 12.6 Å². The average molecular weight is 243 g/mol. The topological polar surface area (TPSA) is 12.0 Å². The van der Waals surface area contributed by atoms with E-state index in [0.29, 0.717) is 11.7 Å². The van der Waals surface area contributed by atoms with E-state index in [0.717, 1.165) is 5.75 Å². The van der Waals surface area contributed by atoms with Crippen molar-refractivity contribution in [2.75, 3.05) is 12.8 Å². The van der Waals surface area contributed by atoms with Gasteiger partial charge in [-0.2, -0.15) is 24.9 Å². The maximum absolute atomic E-state index is 11.9. The fraction of sp³-hybridized carbons (Fsp3) is 1.00. The zero-order chi connectivity index (χ0) is 11.9. The highest BCUT2D eigenvalue weighted by Gasteiger charge is 2.26. The highest BCUT2D eigenvalue weighted by Crippen LogP contribution is 2.23. The third kappa shape index (κ3) is 10.4. The SMILES string of the molecule is CNC(CCCC(F)(F)F)CSC(C)C. The van der Waals surface area contributed by atoms with Crippen LogP contribution in [0, 0.1) is 0 Å². The van der Waals surface area contributed by atoms with Crippen molar-refractivity contribution in [3.63, 3.8) is 0 Å². The van der Waals surface area contributed by atoms with E-state index in [9.17, 15) is 13.2 Å². The van der Waals surface area contributed by atoms with Crippen LogP contribution in [0.2, 0.25) is 0 Å². The molecule has 0 aliphatic rings. The van der Waals surface area contributed by atoms with Gasteiger partial charge in [0.1, 0.15) is 0 Å². The second kappa shape index (κ2) is 7.39. The van der Waals surface area contributed by atoms with Gasteiger partial charge in [-0.05, 0) is 25.1 Å². The molecule has 1 nitrogen and oxygen atoms in total. The smallest absolute Gasteiger partial charge is 0.316 e. The molecule has 1 N–H and O–H groups in total. The molecule has 0 saturated carbocycles. The van der Waals surface area contributed by atoms with Crippen molar-refractivity contribution in [1.82, 2.24) is 5.32 Å². The van der Waals surface area contributed by atoms with Crippen LogP contribution in [0.5, 0.6) is 0 Å². The number of thioether (sulfide) groups is 1. The molecule has 0 rings (SSSR count). The van der Waals surface area contributed by atoms with Gasteiger partial charge >= 0.3 is 6.18 Å². The highest BCUT2D eigenvalue weighted by atomic mass is 32.2. The molecule has 92 valence electrons. The number of halogens is 3. The van der Waals surface area contributed by atoms with E-state index in [1.165, 1.54) is 0 Å². The summed E-state index contributed by atoms with van der Waals surface area (Å²) in [4.78, 5) is 0. The first-order valence-electron chi connectivity index (χ1n) is 5.20. The summed E-state index contributed by atoms with van der Waals surface area (Å²) < 4.78 is 35.7. The van der Waals surface area contributed by atoms with Crippen LogP contribution < -0.4 is 5.32 Å². The highest BCUT2D eigenvalue weighted by molar-refractivity contribution is 7.99. The monoisotopic (exact) mass is 243 g/mol. The Morgan fingerprint density at radius 2 is 1.87 bits per heavy atom. The summed E-state index contributed by atoms with van der Waals surface area (Å²) in [7, 11) is 1.80. The summed E-state index contributed by atoms with van der Waals surface area (Å²) in [5.74, 6) is 0.881. The Labute approximate surface area is 94.2 Å². The predicted molar refractivity (Wildman–Crippen MR) is 60.3 cm³/mol. The molecule has 0 heterocycles. The second-order valence-corrected chi connectivity index (χ2v) is 5.48. The molecule has 5 heteroatoms. The summed E-state index contributed by atoms with van der Waals surface area (Å²) in [6, 6.07) is 0.194. The molecule has 1 atom stereocenters. The maximum Gasteiger partial charge on any atom is 0.389 e. The molecule has 0 bridgehead atoms. The zero-order valence-corrected chi connectivity index (χ0v) is 10.3. The number of rotatable bonds is 7. The molecule has 0 amide bonds. The standard InChI is InChI=1S/C10H20F3NS/c1-8(2)15-7-9(14-3)5-4-6-10(11,12)13/h8-9,14H,4-7H2,1-3H3. The van der Waals surface area contributed by atoms with Crippen molar-refractivity contribution in [3.05, 3.63) is 0 Å². The van der Waals surface area contributed by atoms with Gasteiger partial charge in [0.15, 0.2) is 0 Å². The first-order chi connectivity index (χ1) is 6.85. The minimum Gasteiger partial charge on any atom is -0.316 e. The van der Waals surface area contributed by atoms with Crippen molar-refractivity contribution in [2.45, 2.75) is 50.6 Å². The zero-order valence-electron chi connectivity index (χ0n) is 9.53. The Bertz CT molecular complexity index is 159. The van der Waals surface area contributed by atoms with Gasteiger partial charge in [-0.25, -0.2) is 0 Å². The van der Waals surface area contributed by atoms with Crippen molar-refractivity contribution in [2.24, 2.45) is 0 Å². The molecule has 0 saturated heterocycles. The molecular formula is C10H20F3NS. The number of hydrogen-bond acceptors (Lipinski definition) is 2. The Balaban J connectivity index is 3.62. The van der Waals surface area contributed by atoms with Crippen LogP contribution in [0.15, 0.2) is 0 Å². The van der Waals surface area contributed by atoms with Crippen molar-refractivity contribution in [1.29, 1.82) is 0 Å².